The van der Waals surface area contributed by atoms with Crippen LogP contribution in [0, 0.1) is 0 Å². The molecule has 2 aromatic rings. The molecule has 2 rings (SSSR count). The van der Waals surface area contributed by atoms with E-state index in [1.54, 1.807) is 22.9 Å². The van der Waals surface area contributed by atoms with E-state index in [0.29, 0.717) is 0 Å². The fourth-order valence-electron chi connectivity index (χ4n) is 1.53. The van der Waals surface area contributed by atoms with Gasteiger partial charge in [-0.05, 0) is 22.9 Å². The van der Waals surface area contributed by atoms with E-state index in [-0.39, 0.29) is 4.90 Å². The highest BCUT2D eigenvalue weighted by atomic mass is 32.2. The minimum absolute atomic E-state index is 0.00926. The van der Waals surface area contributed by atoms with Crippen molar-refractivity contribution in [2.75, 3.05) is 0 Å². The number of primary amides is 1. The number of fused-ring (bicyclic) bond motifs is 1. The van der Waals surface area contributed by atoms with Gasteiger partial charge in [0.25, 0.3) is 10.0 Å². The number of urea groups is 1. The van der Waals surface area contributed by atoms with Crippen molar-refractivity contribution in [3.63, 3.8) is 0 Å². The number of carbonyl (C=O) groups is 1. The second-order valence-corrected chi connectivity index (χ2v) is 5.16. The summed E-state index contributed by atoms with van der Waals surface area (Å²) in [6.07, 6.45) is 0. The number of hydrogen-bond acceptors (Lipinski definition) is 3. The highest BCUT2D eigenvalue weighted by molar-refractivity contribution is 7.90. The van der Waals surface area contributed by atoms with Crippen molar-refractivity contribution < 1.29 is 13.2 Å². The highest BCUT2D eigenvalue weighted by Crippen LogP contribution is 2.18. The Kier molecular flexibility index (Phi) is 2.72. The second-order valence-electron chi connectivity index (χ2n) is 3.48. The minimum atomic E-state index is -3.88. The van der Waals surface area contributed by atoms with E-state index in [2.05, 4.69) is 0 Å². The monoisotopic (exact) mass is 250 g/mol. The van der Waals surface area contributed by atoms with Gasteiger partial charge >= 0.3 is 6.03 Å². The number of sulfonamides is 1. The Bertz CT molecular complexity index is 680. The lowest BCUT2D eigenvalue weighted by Crippen LogP contribution is -2.34. The topological polar surface area (TPSA) is 89.3 Å². The molecular weight excluding hydrogens is 240 g/mol. The molecule has 0 radical (unpaired) electrons. The third kappa shape index (κ3) is 2.36. The smallest absolute Gasteiger partial charge is 0.326 e. The standard InChI is InChI=1S/C11H10N2O3S/c12-11(14)13-17(15,16)10-6-5-8-3-1-2-4-9(8)7-10/h1-7H,(H3,12,13,14). The number of hydrogen-bond donors (Lipinski definition) is 2. The van der Waals surface area contributed by atoms with E-state index in [1.165, 1.54) is 12.1 Å². The highest BCUT2D eigenvalue weighted by Gasteiger charge is 2.15. The molecule has 0 heterocycles. The summed E-state index contributed by atoms with van der Waals surface area (Å²) in [5.74, 6) is 0. The molecule has 6 heteroatoms. The molecule has 0 aromatic heterocycles. The van der Waals surface area contributed by atoms with Crippen molar-refractivity contribution in [3.05, 3.63) is 42.5 Å². The minimum Gasteiger partial charge on any atom is -0.351 e. The SMILES string of the molecule is NC(=O)NS(=O)(=O)c1ccc2ccccc2c1. The fourth-order valence-corrected chi connectivity index (χ4v) is 2.44. The maximum Gasteiger partial charge on any atom is 0.326 e. The number of amides is 2. The van der Waals surface area contributed by atoms with Gasteiger partial charge in [0.15, 0.2) is 0 Å². The molecule has 0 saturated heterocycles. The Morgan fingerprint density at radius 1 is 1.06 bits per heavy atom. The van der Waals surface area contributed by atoms with Gasteiger partial charge in [-0.3, -0.25) is 0 Å². The average molecular weight is 250 g/mol. The van der Waals surface area contributed by atoms with Crippen molar-refractivity contribution in [3.8, 4) is 0 Å². The lowest BCUT2D eigenvalue weighted by atomic mass is 10.1. The molecule has 0 aliphatic carbocycles. The molecule has 0 aliphatic heterocycles. The van der Waals surface area contributed by atoms with Crippen molar-refractivity contribution in [2.45, 2.75) is 4.90 Å². The van der Waals surface area contributed by atoms with E-state index >= 15 is 0 Å². The van der Waals surface area contributed by atoms with Crippen LogP contribution >= 0.6 is 0 Å². The molecule has 0 atom stereocenters. The van der Waals surface area contributed by atoms with Crippen LogP contribution in [0.25, 0.3) is 10.8 Å². The zero-order chi connectivity index (χ0) is 12.5. The molecule has 0 unspecified atom stereocenters. The molecule has 0 aliphatic rings. The van der Waals surface area contributed by atoms with E-state index in [1.807, 2.05) is 12.1 Å². The van der Waals surface area contributed by atoms with Gasteiger partial charge in [0.2, 0.25) is 0 Å². The summed E-state index contributed by atoms with van der Waals surface area (Å²) in [6, 6.07) is 10.8. The van der Waals surface area contributed by atoms with Crippen LogP contribution < -0.4 is 10.5 Å². The predicted molar refractivity (Wildman–Crippen MR) is 63.9 cm³/mol. The van der Waals surface area contributed by atoms with Gasteiger partial charge in [-0.15, -0.1) is 0 Å². The molecule has 5 nitrogen and oxygen atoms in total. The summed E-state index contributed by atoms with van der Waals surface area (Å²) >= 11 is 0. The average Bonchev–Trinajstić information content (AvgIpc) is 2.26. The first-order chi connectivity index (χ1) is 7.99. The second kappa shape index (κ2) is 4.06. The first-order valence-corrected chi connectivity index (χ1v) is 6.28. The summed E-state index contributed by atoms with van der Waals surface area (Å²) in [5.41, 5.74) is 4.80. The fraction of sp³-hybridized carbons (Fsp3) is 0. The van der Waals surface area contributed by atoms with Crippen LogP contribution in [0.4, 0.5) is 4.79 Å². The molecule has 3 N–H and O–H groups in total. The van der Waals surface area contributed by atoms with E-state index in [9.17, 15) is 13.2 Å². The Morgan fingerprint density at radius 3 is 2.35 bits per heavy atom. The van der Waals surface area contributed by atoms with Gasteiger partial charge in [0.1, 0.15) is 0 Å². The first-order valence-electron chi connectivity index (χ1n) is 4.80. The molecular formula is C11H10N2O3S. The molecule has 0 fully saturated rings. The predicted octanol–water partition coefficient (Wildman–Crippen LogP) is 1.20. The van der Waals surface area contributed by atoms with Crippen molar-refractivity contribution in [2.24, 2.45) is 5.73 Å². The lowest BCUT2D eigenvalue weighted by molar-refractivity contribution is 0.253. The summed E-state index contributed by atoms with van der Waals surface area (Å²) in [7, 11) is -3.88. The Hall–Kier alpha value is -2.08. The van der Waals surface area contributed by atoms with Gasteiger partial charge in [0, 0.05) is 0 Å². The summed E-state index contributed by atoms with van der Waals surface area (Å²) in [4.78, 5) is 10.6. The number of rotatable bonds is 2. The lowest BCUT2D eigenvalue weighted by Gasteiger charge is -2.05. The van der Waals surface area contributed by atoms with E-state index in [0.717, 1.165) is 10.8 Å². The molecule has 88 valence electrons. The number of benzene rings is 2. The Labute approximate surface area is 98.3 Å². The number of nitrogens with one attached hydrogen (secondary N) is 1. The van der Waals surface area contributed by atoms with Crippen LogP contribution in [0.15, 0.2) is 47.4 Å². The van der Waals surface area contributed by atoms with Crippen molar-refractivity contribution in [1.82, 2.24) is 4.72 Å². The normalized spacial score (nSPS) is 11.3. The van der Waals surface area contributed by atoms with Crippen LogP contribution in [0.3, 0.4) is 0 Å². The molecule has 0 saturated carbocycles. The van der Waals surface area contributed by atoms with Crippen LogP contribution in [0.5, 0.6) is 0 Å². The summed E-state index contributed by atoms with van der Waals surface area (Å²) < 4.78 is 25.1. The molecule has 2 amide bonds. The maximum absolute atomic E-state index is 11.7. The van der Waals surface area contributed by atoms with Gasteiger partial charge in [-0.1, -0.05) is 30.3 Å². The van der Waals surface area contributed by atoms with Crippen molar-refractivity contribution >= 4 is 26.8 Å². The number of nitrogens with two attached hydrogens (primary N) is 1. The Morgan fingerprint density at radius 2 is 1.71 bits per heavy atom. The molecule has 2 aromatic carbocycles. The Balaban J connectivity index is 2.53. The zero-order valence-corrected chi connectivity index (χ0v) is 9.57. The summed E-state index contributed by atoms with van der Waals surface area (Å²) in [6.45, 7) is 0. The van der Waals surface area contributed by atoms with Crippen LogP contribution in [-0.4, -0.2) is 14.4 Å². The van der Waals surface area contributed by atoms with Gasteiger partial charge in [0.05, 0.1) is 4.90 Å². The van der Waals surface area contributed by atoms with Gasteiger partial charge in [-0.2, -0.15) is 0 Å². The maximum atomic E-state index is 11.7. The zero-order valence-electron chi connectivity index (χ0n) is 8.75. The van der Waals surface area contributed by atoms with Crippen LogP contribution in [0.2, 0.25) is 0 Å². The largest absolute Gasteiger partial charge is 0.351 e. The first kappa shape index (κ1) is 11.4. The summed E-state index contributed by atoms with van der Waals surface area (Å²) in [5, 5.41) is 1.70. The van der Waals surface area contributed by atoms with Crippen LogP contribution in [-0.2, 0) is 10.0 Å². The third-order valence-electron chi connectivity index (χ3n) is 2.27. The van der Waals surface area contributed by atoms with Gasteiger partial charge in [-0.25, -0.2) is 17.9 Å². The van der Waals surface area contributed by atoms with E-state index in [4.69, 9.17) is 5.73 Å². The van der Waals surface area contributed by atoms with Gasteiger partial charge < -0.3 is 5.73 Å². The molecule has 0 bridgehead atoms. The van der Waals surface area contributed by atoms with Crippen LogP contribution in [0.1, 0.15) is 0 Å². The third-order valence-corrected chi connectivity index (χ3v) is 3.61. The van der Waals surface area contributed by atoms with Crippen molar-refractivity contribution in [1.29, 1.82) is 0 Å². The van der Waals surface area contributed by atoms with E-state index < -0.39 is 16.1 Å². The number of carbonyl (C=O) groups excluding carboxylic acids is 1. The quantitative estimate of drug-likeness (QED) is 0.839. The molecule has 17 heavy (non-hydrogen) atoms. The molecule has 0 spiro atoms.